The second-order valence-electron chi connectivity index (χ2n) is 6.86. The van der Waals surface area contributed by atoms with Crippen LogP contribution >= 0.6 is 0 Å². The van der Waals surface area contributed by atoms with E-state index in [1.165, 1.54) is 25.1 Å². The molecule has 1 aromatic rings. The number of nitrogens with one attached hydrogen (secondary N) is 1. The molecule has 108 valence electrons. The number of aryl methyl sites for hydroxylation is 1. The van der Waals surface area contributed by atoms with Crippen molar-refractivity contribution in [2.75, 3.05) is 26.2 Å². The highest BCUT2D eigenvalue weighted by atomic mass is 15.2. The first-order valence-electron chi connectivity index (χ1n) is 7.37. The van der Waals surface area contributed by atoms with E-state index in [0.29, 0.717) is 0 Å². The minimum atomic E-state index is 0.239. The van der Waals surface area contributed by atoms with Gasteiger partial charge in [-0.2, -0.15) is 5.10 Å². The van der Waals surface area contributed by atoms with E-state index >= 15 is 0 Å². The highest BCUT2D eigenvalue weighted by Crippen LogP contribution is 2.16. The molecule has 1 N–H and O–H groups in total. The lowest BCUT2D eigenvalue weighted by molar-refractivity contribution is 0.315. The predicted octanol–water partition coefficient (Wildman–Crippen LogP) is 1.67. The molecular weight excluding hydrogens is 236 g/mol. The fraction of sp³-hybridized carbons (Fsp3) is 0.800. The normalized spacial score (nSPS) is 21.2. The van der Waals surface area contributed by atoms with Gasteiger partial charge in [0.15, 0.2) is 0 Å². The Morgan fingerprint density at radius 3 is 2.84 bits per heavy atom. The van der Waals surface area contributed by atoms with Crippen LogP contribution in [0.15, 0.2) is 12.4 Å². The molecule has 0 bridgehead atoms. The van der Waals surface area contributed by atoms with E-state index in [4.69, 9.17) is 0 Å². The number of aromatic nitrogens is 2. The summed E-state index contributed by atoms with van der Waals surface area (Å²) in [6, 6.07) is 0. The molecule has 0 amide bonds. The standard InChI is InChI=1S/C15H28N4/c1-15(2,3)16-9-13-5-7-19(12-13)8-6-14-10-17-18(4)11-14/h10-11,13,16H,5-9,12H2,1-4H3. The molecule has 4 heteroatoms. The first-order valence-corrected chi connectivity index (χ1v) is 7.37. The molecular formula is C15H28N4. The van der Waals surface area contributed by atoms with Crippen LogP contribution in [0.1, 0.15) is 32.8 Å². The van der Waals surface area contributed by atoms with E-state index in [-0.39, 0.29) is 5.54 Å². The van der Waals surface area contributed by atoms with Crippen LogP contribution in [-0.2, 0) is 13.5 Å². The summed E-state index contributed by atoms with van der Waals surface area (Å²) >= 11 is 0. The van der Waals surface area contributed by atoms with Gasteiger partial charge in [-0.15, -0.1) is 0 Å². The number of hydrogen-bond donors (Lipinski definition) is 1. The molecule has 19 heavy (non-hydrogen) atoms. The Morgan fingerprint density at radius 1 is 1.42 bits per heavy atom. The average molecular weight is 264 g/mol. The summed E-state index contributed by atoms with van der Waals surface area (Å²) < 4.78 is 1.88. The fourth-order valence-electron chi connectivity index (χ4n) is 2.62. The number of hydrogen-bond acceptors (Lipinski definition) is 3. The summed E-state index contributed by atoms with van der Waals surface area (Å²) in [6.07, 6.45) is 6.55. The molecule has 1 saturated heterocycles. The zero-order valence-corrected chi connectivity index (χ0v) is 12.8. The topological polar surface area (TPSA) is 33.1 Å². The van der Waals surface area contributed by atoms with Crippen LogP contribution in [-0.4, -0.2) is 46.4 Å². The fourth-order valence-corrected chi connectivity index (χ4v) is 2.62. The van der Waals surface area contributed by atoms with Crippen LogP contribution in [0.4, 0.5) is 0 Å². The minimum Gasteiger partial charge on any atom is -0.312 e. The molecule has 1 aliphatic heterocycles. The molecule has 1 fully saturated rings. The highest BCUT2D eigenvalue weighted by Gasteiger charge is 2.23. The van der Waals surface area contributed by atoms with Crippen molar-refractivity contribution < 1.29 is 0 Å². The van der Waals surface area contributed by atoms with Gasteiger partial charge in [0.05, 0.1) is 6.20 Å². The van der Waals surface area contributed by atoms with E-state index in [9.17, 15) is 0 Å². The third-order valence-corrected chi connectivity index (χ3v) is 3.77. The summed E-state index contributed by atoms with van der Waals surface area (Å²) in [5.74, 6) is 0.813. The van der Waals surface area contributed by atoms with Crippen LogP contribution in [0.2, 0.25) is 0 Å². The highest BCUT2D eigenvalue weighted by molar-refractivity contribution is 5.04. The summed E-state index contributed by atoms with van der Waals surface area (Å²) in [5, 5.41) is 7.84. The third-order valence-electron chi connectivity index (χ3n) is 3.77. The van der Waals surface area contributed by atoms with Crippen LogP contribution in [0.5, 0.6) is 0 Å². The molecule has 1 aromatic heterocycles. The summed E-state index contributed by atoms with van der Waals surface area (Å²) in [6.45, 7) is 11.5. The molecule has 2 rings (SSSR count). The predicted molar refractivity (Wildman–Crippen MR) is 79.2 cm³/mol. The maximum atomic E-state index is 4.22. The third kappa shape index (κ3) is 4.96. The Morgan fingerprint density at radius 2 is 2.21 bits per heavy atom. The van der Waals surface area contributed by atoms with Gasteiger partial charge >= 0.3 is 0 Å². The monoisotopic (exact) mass is 264 g/mol. The quantitative estimate of drug-likeness (QED) is 0.878. The van der Waals surface area contributed by atoms with Crippen molar-refractivity contribution in [1.29, 1.82) is 0 Å². The first-order chi connectivity index (χ1) is 8.92. The molecule has 1 unspecified atom stereocenters. The van der Waals surface area contributed by atoms with E-state index in [1.54, 1.807) is 0 Å². The van der Waals surface area contributed by atoms with Gasteiger partial charge in [-0.3, -0.25) is 4.68 Å². The Labute approximate surface area is 117 Å². The number of rotatable bonds is 5. The van der Waals surface area contributed by atoms with Crippen LogP contribution in [0, 0.1) is 5.92 Å². The SMILES string of the molecule is Cn1cc(CCN2CCC(CNC(C)(C)C)C2)cn1. The van der Waals surface area contributed by atoms with Gasteiger partial charge in [-0.05, 0) is 58.2 Å². The molecule has 1 aliphatic rings. The zero-order chi connectivity index (χ0) is 13.9. The van der Waals surface area contributed by atoms with Gasteiger partial charge in [-0.25, -0.2) is 0 Å². The van der Waals surface area contributed by atoms with Crippen LogP contribution in [0.3, 0.4) is 0 Å². The van der Waals surface area contributed by atoms with Gasteiger partial charge in [0.2, 0.25) is 0 Å². The molecule has 0 aliphatic carbocycles. The summed E-state index contributed by atoms with van der Waals surface area (Å²) in [4.78, 5) is 2.59. The van der Waals surface area contributed by atoms with Crippen molar-refractivity contribution >= 4 is 0 Å². The second-order valence-corrected chi connectivity index (χ2v) is 6.86. The summed E-state index contributed by atoms with van der Waals surface area (Å²) in [5.41, 5.74) is 1.59. The molecule has 2 heterocycles. The van der Waals surface area contributed by atoms with Crippen LogP contribution in [0.25, 0.3) is 0 Å². The largest absolute Gasteiger partial charge is 0.312 e. The van der Waals surface area contributed by atoms with E-state index < -0.39 is 0 Å². The summed E-state index contributed by atoms with van der Waals surface area (Å²) in [7, 11) is 1.98. The van der Waals surface area contributed by atoms with E-state index in [2.05, 4.69) is 42.3 Å². The lowest BCUT2D eigenvalue weighted by Crippen LogP contribution is -2.39. The average Bonchev–Trinajstić information content (AvgIpc) is 2.92. The molecule has 1 atom stereocenters. The van der Waals surface area contributed by atoms with E-state index in [0.717, 1.165) is 25.4 Å². The molecule has 0 radical (unpaired) electrons. The van der Waals surface area contributed by atoms with Gasteiger partial charge < -0.3 is 10.2 Å². The zero-order valence-electron chi connectivity index (χ0n) is 12.8. The smallest absolute Gasteiger partial charge is 0.0522 e. The van der Waals surface area contributed by atoms with E-state index in [1.807, 2.05) is 17.9 Å². The lowest BCUT2D eigenvalue weighted by Gasteiger charge is -2.23. The minimum absolute atomic E-state index is 0.239. The Hall–Kier alpha value is -0.870. The van der Waals surface area contributed by atoms with Crippen molar-refractivity contribution in [3.8, 4) is 0 Å². The second kappa shape index (κ2) is 6.06. The molecule has 0 aromatic carbocycles. The number of likely N-dealkylation sites (tertiary alicyclic amines) is 1. The maximum absolute atomic E-state index is 4.22. The van der Waals surface area contributed by atoms with Gasteiger partial charge in [0.1, 0.15) is 0 Å². The van der Waals surface area contributed by atoms with Crippen LogP contribution < -0.4 is 5.32 Å². The Balaban J connectivity index is 1.67. The molecule has 0 spiro atoms. The van der Waals surface area contributed by atoms with Crippen molar-refractivity contribution in [1.82, 2.24) is 20.0 Å². The Kier molecular flexibility index (Phi) is 4.63. The van der Waals surface area contributed by atoms with Crippen molar-refractivity contribution in [2.45, 2.75) is 39.2 Å². The molecule has 0 saturated carbocycles. The van der Waals surface area contributed by atoms with Gasteiger partial charge in [0.25, 0.3) is 0 Å². The lowest BCUT2D eigenvalue weighted by atomic mass is 10.1. The first kappa shape index (κ1) is 14.5. The van der Waals surface area contributed by atoms with Crippen molar-refractivity contribution in [3.05, 3.63) is 18.0 Å². The number of nitrogens with zero attached hydrogens (tertiary/aromatic N) is 3. The van der Waals surface area contributed by atoms with Crippen molar-refractivity contribution in [3.63, 3.8) is 0 Å². The van der Waals surface area contributed by atoms with Gasteiger partial charge in [-0.1, -0.05) is 0 Å². The van der Waals surface area contributed by atoms with Gasteiger partial charge in [0, 0.05) is 31.9 Å². The Bertz CT molecular complexity index is 391. The molecule has 4 nitrogen and oxygen atoms in total. The maximum Gasteiger partial charge on any atom is 0.0522 e. The van der Waals surface area contributed by atoms with Crippen molar-refractivity contribution in [2.24, 2.45) is 13.0 Å².